The number of likely N-dealkylation sites (tertiary alicyclic amines) is 1. The van der Waals surface area contributed by atoms with Crippen LogP contribution in [0.2, 0.25) is 0 Å². The largest absolute Gasteiger partial charge is 0.342 e. The minimum absolute atomic E-state index is 0.392. The van der Waals surface area contributed by atoms with Crippen molar-refractivity contribution in [3.63, 3.8) is 0 Å². The van der Waals surface area contributed by atoms with Gasteiger partial charge in [-0.3, -0.25) is 4.79 Å². The first-order valence-corrected chi connectivity index (χ1v) is 12.6. The summed E-state index contributed by atoms with van der Waals surface area (Å²) < 4.78 is 0. The second-order valence-electron chi connectivity index (χ2n) is 8.67. The lowest BCUT2D eigenvalue weighted by Crippen LogP contribution is -2.32. The third-order valence-electron chi connectivity index (χ3n) is 5.82. The Morgan fingerprint density at radius 1 is 1.15 bits per heavy atom. The van der Waals surface area contributed by atoms with Crippen LogP contribution in [0.25, 0.3) is 0 Å². The van der Waals surface area contributed by atoms with Gasteiger partial charge in [-0.1, -0.05) is 56.2 Å². The summed E-state index contributed by atoms with van der Waals surface area (Å²) in [5.41, 5.74) is 1.08. The normalized spacial score (nSPS) is 15.4. The number of nitrogens with one attached hydrogen (secondary N) is 1. The molecule has 0 spiro atoms. The second-order valence-corrected chi connectivity index (χ2v) is 8.67. The number of hydrogen-bond donors (Lipinski definition) is 2. The van der Waals surface area contributed by atoms with E-state index in [4.69, 9.17) is 0 Å². The maximum Gasteiger partial charge on any atom is 0.225 e. The third kappa shape index (κ3) is 14.0. The Kier molecular flexibility index (Phi) is 17.1. The first-order valence-electron chi connectivity index (χ1n) is 12.6. The van der Waals surface area contributed by atoms with Crippen LogP contribution in [0.1, 0.15) is 63.9 Å². The predicted octanol–water partition coefficient (Wildman–Crippen LogP) is 4.48. The van der Waals surface area contributed by atoms with E-state index < -0.39 is 0 Å². The van der Waals surface area contributed by atoms with E-state index in [2.05, 4.69) is 23.7 Å². The highest BCUT2D eigenvalue weighted by Gasteiger charge is 2.28. The van der Waals surface area contributed by atoms with E-state index in [1.807, 2.05) is 36.4 Å². The maximum absolute atomic E-state index is 11.8. The van der Waals surface area contributed by atoms with Gasteiger partial charge in [-0.05, 0) is 50.6 Å². The zero-order valence-electron chi connectivity index (χ0n) is 20.6. The zero-order valence-corrected chi connectivity index (χ0v) is 20.6. The molecule has 2 fully saturated rings. The van der Waals surface area contributed by atoms with E-state index >= 15 is 0 Å². The number of carbonyl (C=O) groups is 2. The highest BCUT2D eigenvalue weighted by atomic mass is 16.5. The van der Waals surface area contributed by atoms with Crippen LogP contribution in [-0.4, -0.2) is 66.6 Å². The van der Waals surface area contributed by atoms with Crippen LogP contribution >= 0.6 is 0 Å². The smallest absolute Gasteiger partial charge is 0.225 e. The summed E-state index contributed by atoms with van der Waals surface area (Å²) in [5.74, 6) is 0.841. The average molecular weight is 460 g/mol. The van der Waals surface area contributed by atoms with Gasteiger partial charge in [0.2, 0.25) is 5.91 Å². The topological polar surface area (TPSA) is 72.9 Å². The molecule has 186 valence electrons. The van der Waals surface area contributed by atoms with Crippen LogP contribution in [-0.2, 0) is 16.0 Å². The highest BCUT2D eigenvalue weighted by Crippen LogP contribution is 2.27. The van der Waals surface area contributed by atoms with Crippen molar-refractivity contribution in [2.45, 2.75) is 64.7 Å². The van der Waals surface area contributed by atoms with E-state index in [0.717, 1.165) is 76.8 Å². The molecule has 1 aliphatic heterocycles. The molecule has 0 atom stereocenters. The van der Waals surface area contributed by atoms with Gasteiger partial charge in [0.15, 0.2) is 0 Å². The summed E-state index contributed by atoms with van der Waals surface area (Å²) in [5, 5.41) is 13.7. The van der Waals surface area contributed by atoms with Gasteiger partial charge in [-0.2, -0.15) is 5.06 Å². The van der Waals surface area contributed by atoms with Crippen LogP contribution in [0.4, 0.5) is 0 Å². The zero-order chi connectivity index (χ0) is 24.2. The van der Waals surface area contributed by atoms with E-state index in [-0.39, 0.29) is 0 Å². The molecule has 3 rings (SSSR count). The number of benzene rings is 1. The highest BCUT2D eigenvalue weighted by molar-refractivity contribution is 5.79. The maximum atomic E-state index is 11.8. The molecule has 6 heteroatoms. The molecule has 1 aromatic rings. The van der Waals surface area contributed by atoms with Gasteiger partial charge in [0.25, 0.3) is 0 Å². The molecule has 0 aromatic heterocycles. The number of carbonyl (C=O) groups excluding carboxylic acids is 2. The molecular weight excluding hydrogens is 414 g/mol. The van der Waals surface area contributed by atoms with Gasteiger partial charge < -0.3 is 20.2 Å². The Labute approximate surface area is 201 Å². The van der Waals surface area contributed by atoms with E-state index in [9.17, 15) is 14.8 Å². The molecule has 1 saturated heterocycles. The van der Waals surface area contributed by atoms with Crippen molar-refractivity contribution >= 4 is 12.2 Å². The molecule has 1 aliphatic carbocycles. The molecule has 2 N–H and O–H groups in total. The van der Waals surface area contributed by atoms with Gasteiger partial charge in [0.1, 0.15) is 6.29 Å². The lowest BCUT2D eigenvalue weighted by atomic mass is 10.1. The van der Waals surface area contributed by atoms with E-state index in [1.54, 1.807) is 0 Å². The van der Waals surface area contributed by atoms with Crippen LogP contribution in [0.5, 0.6) is 0 Å². The predicted molar refractivity (Wildman–Crippen MR) is 135 cm³/mol. The summed E-state index contributed by atoms with van der Waals surface area (Å²) in [7, 11) is 0. The second kappa shape index (κ2) is 19.4. The number of nitrogens with zero attached hydrogens (tertiary/aromatic N) is 2. The molecule has 6 nitrogen and oxygen atoms in total. The average Bonchev–Trinajstić information content (AvgIpc) is 3.55. The molecule has 1 amide bonds. The van der Waals surface area contributed by atoms with Crippen molar-refractivity contribution in [2.75, 3.05) is 39.3 Å². The summed E-state index contributed by atoms with van der Waals surface area (Å²) in [4.78, 5) is 23.8. The van der Waals surface area contributed by atoms with Crippen LogP contribution in [0, 0.1) is 5.92 Å². The standard InChI is InChI=1S/C10H17NO.C9H20N2O.C8H8O/c12-10(9-5-1-2-6-9)11-7-3-4-8-11;1-3-6-10-7-5-9-11(12)8-4-2;9-7-6-8-4-2-1-3-5-8/h9H,1-8H2;3,10,12H,1,4-9H2,2H3;1-5,7H,6H2. The number of hydrogen-bond acceptors (Lipinski definition) is 5. The third-order valence-corrected chi connectivity index (χ3v) is 5.82. The van der Waals surface area contributed by atoms with Crippen molar-refractivity contribution in [1.29, 1.82) is 0 Å². The SMILES string of the molecule is C=CCNCCCN(O)CCC.O=C(C1CCCC1)N1CCCC1.O=CCc1ccccc1. The van der Waals surface area contributed by atoms with Gasteiger partial charge >= 0.3 is 0 Å². The van der Waals surface area contributed by atoms with Crippen LogP contribution < -0.4 is 5.32 Å². The monoisotopic (exact) mass is 459 g/mol. The van der Waals surface area contributed by atoms with Crippen LogP contribution in [0.15, 0.2) is 43.0 Å². The fraction of sp³-hybridized carbons (Fsp3) is 0.630. The quantitative estimate of drug-likeness (QED) is 0.221. The van der Waals surface area contributed by atoms with Crippen molar-refractivity contribution in [2.24, 2.45) is 5.92 Å². The van der Waals surface area contributed by atoms with Crippen molar-refractivity contribution in [3.05, 3.63) is 48.6 Å². The molecule has 0 unspecified atom stereocenters. The Balaban J connectivity index is 0.000000250. The molecule has 0 bridgehead atoms. The lowest BCUT2D eigenvalue weighted by Gasteiger charge is -2.19. The minimum Gasteiger partial charge on any atom is -0.342 e. The molecular formula is C27H45N3O3. The Morgan fingerprint density at radius 2 is 1.82 bits per heavy atom. The molecule has 1 saturated carbocycles. The van der Waals surface area contributed by atoms with Crippen LogP contribution in [0.3, 0.4) is 0 Å². The Hall–Kier alpha value is -2.02. The molecule has 1 heterocycles. The summed E-state index contributed by atoms with van der Waals surface area (Å²) in [6.45, 7) is 11.0. The number of amides is 1. The fourth-order valence-electron chi connectivity index (χ4n) is 4.04. The first kappa shape index (κ1) is 29.0. The van der Waals surface area contributed by atoms with Gasteiger partial charge in [-0.25, -0.2) is 0 Å². The van der Waals surface area contributed by atoms with E-state index in [0.29, 0.717) is 18.2 Å². The van der Waals surface area contributed by atoms with Gasteiger partial charge in [-0.15, -0.1) is 6.58 Å². The van der Waals surface area contributed by atoms with Crippen molar-refractivity contribution in [3.8, 4) is 0 Å². The summed E-state index contributed by atoms with van der Waals surface area (Å²) >= 11 is 0. The summed E-state index contributed by atoms with van der Waals surface area (Å²) in [6.07, 6.45) is 12.5. The minimum atomic E-state index is 0.392. The summed E-state index contributed by atoms with van der Waals surface area (Å²) in [6, 6.07) is 9.68. The first-order chi connectivity index (χ1) is 16.1. The Morgan fingerprint density at radius 3 is 2.39 bits per heavy atom. The van der Waals surface area contributed by atoms with E-state index in [1.165, 1.54) is 30.7 Å². The number of aldehydes is 1. The molecule has 0 radical (unpaired) electrons. The fourth-order valence-corrected chi connectivity index (χ4v) is 4.04. The van der Waals surface area contributed by atoms with Gasteiger partial charge in [0.05, 0.1) is 0 Å². The number of hydroxylamine groups is 2. The van der Waals surface area contributed by atoms with Gasteiger partial charge in [0, 0.05) is 45.1 Å². The van der Waals surface area contributed by atoms with Crippen molar-refractivity contribution < 1.29 is 14.8 Å². The molecule has 2 aliphatic rings. The molecule has 33 heavy (non-hydrogen) atoms. The van der Waals surface area contributed by atoms with Crippen molar-refractivity contribution in [1.82, 2.24) is 15.3 Å². The Bertz CT molecular complexity index is 609. The molecule has 1 aromatic carbocycles. The lowest BCUT2D eigenvalue weighted by molar-refractivity contribution is -0.134. The number of rotatable bonds is 11.